The third kappa shape index (κ3) is 2.45. The molecule has 0 unspecified atom stereocenters. The van der Waals surface area contributed by atoms with Crippen LogP contribution in [0.5, 0.6) is 5.75 Å². The zero-order valence-corrected chi connectivity index (χ0v) is 10.1. The standard InChI is InChI=1S/C11H12N2O2S/c1-7-4-8(11(14)12-2)10(15-3)5-9(7)13-6-16/h4-5H,1-3H3,(H,12,14). The zero-order valence-electron chi connectivity index (χ0n) is 9.33. The normalized spacial score (nSPS) is 9.19. The van der Waals surface area contributed by atoms with Crippen molar-refractivity contribution in [3.8, 4) is 5.75 Å². The molecule has 0 heterocycles. The first-order chi connectivity index (χ1) is 7.63. The predicted molar refractivity (Wildman–Crippen MR) is 65.8 cm³/mol. The Labute approximate surface area is 99.3 Å². The maximum Gasteiger partial charge on any atom is 0.254 e. The largest absolute Gasteiger partial charge is 0.496 e. The molecule has 0 bridgehead atoms. The molecule has 0 aliphatic rings. The van der Waals surface area contributed by atoms with Gasteiger partial charge in [-0.05, 0) is 30.8 Å². The second kappa shape index (κ2) is 5.39. The van der Waals surface area contributed by atoms with Crippen LogP contribution >= 0.6 is 12.2 Å². The summed E-state index contributed by atoms with van der Waals surface area (Å²) < 4.78 is 5.13. The van der Waals surface area contributed by atoms with Gasteiger partial charge in [-0.3, -0.25) is 4.79 Å². The lowest BCUT2D eigenvalue weighted by Crippen LogP contribution is -2.18. The Morgan fingerprint density at radius 1 is 1.56 bits per heavy atom. The smallest absolute Gasteiger partial charge is 0.254 e. The molecule has 1 aromatic carbocycles. The quantitative estimate of drug-likeness (QED) is 0.646. The number of benzene rings is 1. The van der Waals surface area contributed by atoms with E-state index < -0.39 is 0 Å². The summed E-state index contributed by atoms with van der Waals surface area (Å²) >= 11 is 4.54. The van der Waals surface area contributed by atoms with E-state index in [4.69, 9.17) is 4.74 Å². The van der Waals surface area contributed by atoms with E-state index >= 15 is 0 Å². The molecule has 0 spiro atoms. The second-order valence-corrected chi connectivity index (χ2v) is 3.30. The number of carbonyl (C=O) groups is 1. The minimum Gasteiger partial charge on any atom is -0.496 e. The SMILES string of the molecule is CNC(=O)c1cc(C)c(N=C=S)cc1OC. The third-order valence-corrected chi connectivity index (χ3v) is 2.25. The second-order valence-electron chi connectivity index (χ2n) is 3.12. The Kier molecular flexibility index (Phi) is 4.17. The van der Waals surface area contributed by atoms with Gasteiger partial charge in [0.2, 0.25) is 0 Å². The Bertz CT molecular complexity index is 465. The first-order valence-corrected chi connectivity index (χ1v) is 5.03. The van der Waals surface area contributed by atoms with Crippen LogP contribution in [0.15, 0.2) is 17.1 Å². The number of ether oxygens (including phenoxy) is 1. The summed E-state index contributed by atoms with van der Waals surface area (Å²) in [5.74, 6) is 0.270. The van der Waals surface area contributed by atoms with Gasteiger partial charge in [-0.1, -0.05) is 0 Å². The van der Waals surface area contributed by atoms with E-state index in [1.807, 2.05) is 6.92 Å². The number of nitrogens with one attached hydrogen (secondary N) is 1. The summed E-state index contributed by atoms with van der Waals surface area (Å²) in [5.41, 5.74) is 1.97. The summed E-state index contributed by atoms with van der Waals surface area (Å²) in [6.45, 7) is 1.84. The van der Waals surface area contributed by atoms with Crippen molar-refractivity contribution in [2.45, 2.75) is 6.92 Å². The van der Waals surface area contributed by atoms with Gasteiger partial charge in [-0.25, -0.2) is 0 Å². The van der Waals surface area contributed by atoms with Crippen LogP contribution in [0.2, 0.25) is 0 Å². The van der Waals surface area contributed by atoms with Crippen molar-refractivity contribution in [2.24, 2.45) is 4.99 Å². The fourth-order valence-corrected chi connectivity index (χ4v) is 1.43. The van der Waals surface area contributed by atoms with Crippen LogP contribution in [-0.2, 0) is 0 Å². The van der Waals surface area contributed by atoms with Crippen molar-refractivity contribution in [2.75, 3.05) is 14.2 Å². The summed E-state index contributed by atoms with van der Waals surface area (Å²) in [7, 11) is 3.07. The van der Waals surface area contributed by atoms with Crippen molar-refractivity contribution >= 4 is 29.0 Å². The molecule has 1 amide bonds. The van der Waals surface area contributed by atoms with Crippen LogP contribution in [0.1, 0.15) is 15.9 Å². The van der Waals surface area contributed by atoms with Gasteiger partial charge >= 0.3 is 0 Å². The average molecular weight is 236 g/mol. The zero-order chi connectivity index (χ0) is 12.1. The van der Waals surface area contributed by atoms with Crippen molar-refractivity contribution < 1.29 is 9.53 Å². The Morgan fingerprint density at radius 3 is 2.75 bits per heavy atom. The number of thiocarbonyl (C=S) groups is 1. The van der Waals surface area contributed by atoms with Crippen LogP contribution in [0.4, 0.5) is 5.69 Å². The molecular formula is C11H12N2O2S. The number of aryl methyl sites for hydroxylation is 1. The van der Waals surface area contributed by atoms with Gasteiger partial charge in [0, 0.05) is 13.1 Å². The topological polar surface area (TPSA) is 50.7 Å². The molecule has 0 aliphatic heterocycles. The Balaban J connectivity index is 3.37. The Morgan fingerprint density at radius 2 is 2.25 bits per heavy atom. The maximum atomic E-state index is 11.6. The van der Waals surface area contributed by atoms with Crippen molar-refractivity contribution in [3.63, 3.8) is 0 Å². The first-order valence-electron chi connectivity index (χ1n) is 4.62. The van der Waals surface area contributed by atoms with Gasteiger partial charge in [0.05, 0.1) is 23.5 Å². The molecule has 0 saturated heterocycles. The van der Waals surface area contributed by atoms with Crippen molar-refractivity contribution in [1.82, 2.24) is 5.32 Å². The van der Waals surface area contributed by atoms with Crippen LogP contribution in [0.25, 0.3) is 0 Å². The highest BCUT2D eigenvalue weighted by Gasteiger charge is 2.13. The number of methoxy groups -OCH3 is 1. The molecule has 0 atom stereocenters. The van der Waals surface area contributed by atoms with Gasteiger partial charge < -0.3 is 10.1 Å². The maximum absolute atomic E-state index is 11.6. The molecular weight excluding hydrogens is 224 g/mol. The average Bonchev–Trinajstić information content (AvgIpc) is 2.30. The molecule has 0 radical (unpaired) electrons. The first kappa shape index (κ1) is 12.4. The number of hydrogen-bond donors (Lipinski definition) is 1. The lowest BCUT2D eigenvalue weighted by molar-refractivity contribution is 0.0960. The summed E-state index contributed by atoms with van der Waals surface area (Å²) in [5, 5.41) is 4.84. The van der Waals surface area contributed by atoms with E-state index in [1.165, 1.54) is 7.11 Å². The third-order valence-electron chi connectivity index (χ3n) is 2.16. The van der Waals surface area contributed by atoms with E-state index in [1.54, 1.807) is 19.2 Å². The number of nitrogens with zero attached hydrogens (tertiary/aromatic N) is 1. The lowest BCUT2D eigenvalue weighted by atomic mass is 10.1. The molecule has 5 heteroatoms. The molecule has 1 N–H and O–H groups in total. The van der Waals surface area contributed by atoms with E-state index in [9.17, 15) is 4.79 Å². The number of rotatable bonds is 3. The molecule has 0 saturated carbocycles. The molecule has 1 rings (SSSR count). The van der Waals surface area contributed by atoms with E-state index in [0.717, 1.165) is 5.56 Å². The highest BCUT2D eigenvalue weighted by atomic mass is 32.1. The van der Waals surface area contributed by atoms with Gasteiger partial charge in [0.15, 0.2) is 0 Å². The molecule has 1 aromatic rings. The Hall–Kier alpha value is -1.71. The van der Waals surface area contributed by atoms with Gasteiger partial charge in [-0.15, -0.1) is 0 Å². The van der Waals surface area contributed by atoms with Gasteiger partial charge in [0.25, 0.3) is 5.91 Å². The summed E-state index contributed by atoms with van der Waals surface area (Å²) in [6.07, 6.45) is 0. The molecule has 4 nitrogen and oxygen atoms in total. The molecule has 0 fully saturated rings. The van der Waals surface area contributed by atoms with Crippen LogP contribution in [-0.4, -0.2) is 25.2 Å². The molecule has 0 aromatic heterocycles. The van der Waals surface area contributed by atoms with Crippen LogP contribution in [0, 0.1) is 6.92 Å². The van der Waals surface area contributed by atoms with Gasteiger partial charge in [0.1, 0.15) is 5.75 Å². The number of aliphatic imine (C=N–C) groups is 1. The van der Waals surface area contributed by atoms with Crippen LogP contribution in [0.3, 0.4) is 0 Å². The van der Waals surface area contributed by atoms with Crippen LogP contribution < -0.4 is 10.1 Å². The minimum atomic E-state index is -0.196. The number of amides is 1. The fraction of sp³-hybridized carbons (Fsp3) is 0.273. The molecule has 0 aliphatic carbocycles. The molecule has 84 valence electrons. The fourth-order valence-electron chi connectivity index (χ4n) is 1.33. The van der Waals surface area contributed by atoms with Gasteiger partial charge in [-0.2, -0.15) is 4.99 Å². The van der Waals surface area contributed by atoms with E-state index in [2.05, 4.69) is 27.7 Å². The molecule has 16 heavy (non-hydrogen) atoms. The van der Waals surface area contributed by atoms with Crippen molar-refractivity contribution in [1.29, 1.82) is 0 Å². The van der Waals surface area contributed by atoms with Crippen molar-refractivity contribution in [3.05, 3.63) is 23.3 Å². The predicted octanol–water partition coefficient (Wildman–Crippen LogP) is 2.10. The summed E-state index contributed by atoms with van der Waals surface area (Å²) in [6, 6.07) is 3.38. The number of isothiocyanates is 1. The number of carbonyl (C=O) groups excluding carboxylic acids is 1. The summed E-state index contributed by atoms with van der Waals surface area (Å²) in [4.78, 5) is 15.5. The highest BCUT2D eigenvalue weighted by molar-refractivity contribution is 7.78. The number of hydrogen-bond acceptors (Lipinski definition) is 4. The minimum absolute atomic E-state index is 0.196. The highest BCUT2D eigenvalue weighted by Crippen LogP contribution is 2.28. The lowest BCUT2D eigenvalue weighted by Gasteiger charge is -2.09. The monoisotopic (exact) mass is 236 g/mol. The van der Waals surface area contributed by atoms with E-state index in [-0.39, 0.29) is 5.91 Å². The van der Waals surface area contributed by atoms with E-state index in [0.29, 0.717) is 17.0 Å².